The molecule has 3 aromatic rings. The molecule has 0 saturated carbocycles. The summed E-state index contributed by atoms with van der Waals surface area (Å²) >= 11 is 7.51. The second-order valence-corrected chi connectivity index (χ2v) is 9.25. The van der Waals surface area contributed by atoms with Crippen LogP contribution in [0.5, 0.6) is 0 Å². The molecule has 0 aliphatic carbocycles. The van der Waals surface area contributed by atoms with E-state index in [1.807, 2.05) is 37.4 Å². The summed E-state index contributed by atoms with van der Waals surface area (Å²) in [5.74, 6) is 0. The van der Waals surface area contributed by atoms with Crippen molar-refractivity contribution in [2.45, 2.75) is 18.7 Å². The van der Waals surface area contributed by atoms with Gasteiger partial charge in [-0.25, -0.2) is 13.4 Å². The van der Waals surface area contributed by atoms with Crippen LogP contribution in [0.1, 0.15) is 19.4 Å². The smallest absolute Gasteiger partial charge is 0.243 e. The van der Waals surface area contributed by atoms with Gasteiger partial charge in [-0.1, -0.05) is 55.8 Å². The van der Waals surface area contributed by atoms with Gasteiger partial charge in [0.1, 0.15) is 0 Å². The second-order valence-electron chi connectivity index (χ2n) is 6.04. The lowest BCUT2D eigenvalue weighted by molar-refractivity contribution is 0.445. The Labute approximate surface area is 179 Å². The van der Waals surface area contributed by atoms with Crippen molar-refractivity contribution in [2.24, 2.45) is 5.10 Å². The van der Waals surface area contributed by atoms with Gasteiger partial charge < -0.3 is 0 Å². The van der Waals surface area contributed by atoms with Crippen LogP contribution in [-0.4, -0.2) is 37.0 Å². The number of halogens is 1. The van der Waals surface area contributed by atoms with Gasteiger partial charge in [0.25, 0.3) is 0 Å². The second kappa shape index (κ2) is 9.49. The summed E-state index contributed by atoms with van der Waals surface area (Å²) in [5, 5.41) is 7.31. The molecule has 0 amide bonds. The van der Waals surface area contributed by atoms with Crippen LogP contribution in [-0.2, 0) is 10.0 Å². The Morgan fingerprint density at radius 3 is 2.48 bits per heavy atom. The molecule has 2 aromatic carbocycles. The molecule has 3 rings (SSSR count). The molecular formula is C20H21ClN4O2S2. The fourth-order valence-corrected chi connectivity index (χ4v) is 5.02. The fourth-order valence-electron chi connectivity index (χ4n) is 2.70. The first-order valence-electron chi connectivity index (χ1n) is 9.05. The first-order chi connectivity index (χ1) is 14.0. The Balaban J connectivity index is 1.71. The van der Waals surface area contributed by atoms with Crippen LogP contribution in [0, 0.1) is 0 Å². The van der Waals surface area contributed by atoms with Crippen LogP contribution < -0.4 is 5.43 Å². The molecule has 0 saturated heterocycles. The van der Waals surface area contributed by atoms with Gasteiger partial charge in [-0.05, 0) is 18.2 Å². The number of nitrogens with zero attached hydrogens (tertiary/aromatic N) is 3. The normalized spacial score (nSPS) is 12.0. The monoisotopic (exact) mass is 448 g/mol. The number of rotatable bonds is 8. The number of sulfonamides is 1. The average molecular weight is 449 g/mol. The summed E-state index contributed by atoms with van der Waals surface area (Å²) in [4.78, 5) is 4.77. The molecule has 0 aliphatic heterocycles. The van der Waals surface area contributed by atoms with Crippen molar-refractivity contribution in [3.05, 3.63) is 64.5 Å². The zero-order valence-electron chi connectivity index (χ0n) is 16.0. The number of hydrogen-bond donors (Lipinski definition) is 1. The van der Waals surface area contributed by atoms with E-state index in [9.17, 15) is 8.42 Å². The summed E-state index contributed by atoms with van der Waals surface area (Å²) in [7, 11) is -3.46. The van der Waals surface area contributed by atoms with Gasteiger partial charge in [-0.3, -0.25) is 5.43 Å². The number of anilines is 1. The van der Waals surface area contributed by atoms with Gasteiger partial charge in [-0.2, -0.15) is 9.41 Å². The van der Waals surface area contributed by atoms with E-state index in [1.54, 1.807) is 36.5 Å². The summed E-state index contributed by atoms with van der Waals surface area (Å²) in [6.07, 6.45) is 1.64. The van der Waals surface area contributed by atoms with Crippen molar-refractivity contribution < 1.29 is 8.42 Å². The standard InChI is InChI=1S/C20H21ClN4O2S2/c1-3-25(4-2)29(26,27)17-11-9-15(10-12-17)19-14-28-20(23-19)24-22-13-16-7-5-6-8-18(16)21/h5-14H,3-4H2,1-2H3,(H,23,24)/b22-13+. The van der Waals surface area contributed by atoms with E-state index in [0.29, 0.717) is 23.2 Å². The van der Waals surface area contributed by atoms with Gasteiger partial charge in [0.15, 0.2) is 0 Å². The van der Waals surface area contributed by atoms with Crippen molar-refractivity contribution in [1.82, 2.24) is 9.29 Å². The lowest BCUT2D eigenvalue weighted by atomic mass is 10.2. The third-order valence-corrected chi connectivity index (χ3v) is 7.42. The molecule has 29 heavy (non-hydrogen) atoms. The first kappa shape index (κ1) is 21.4. The van der Waals surface area contributed by atoms with E-state index in [2.05, 4.69) is 15.5 Å². The highest BCUT2D eigenvalue weighted by Crippen LogP contribution is 2.26. The SMILES string of the molecule is CCN(CC)S(=O)(=O)c1ccc(-c2csc(N/N=C/c3ccccc3Cl)n2)cc1. The van der Waals surface area contributed by atoms with Crippen LogP contribution >= 0.6 is 22.9 Å². The van der Waals surface area contributed by atoms with E-state index < -0.39 is 10.0 Å². The highest BCUT2D eigenvalue weighted by molar-refractivity contribution is 7.89. The molecular weight excluding hydrogens is 428 g/mol. The number of thiazole rings is 1. The maximum absolute atomic E-state index is 12.6. The minimum absolute atomic E-state index is 0.280. The molecule has 0 atom stereocenters. The maximum atomic E-state index is 12.6. The highest BCUT2D eigenvalue weighted by atomic mass is 35.5. The van der Waals surface area contributed by atoms with E-state index in [0.717, 1.165) is 16.8 Å². The summed E-state index contributed by atoms with van der Waals surface area (Å²) in [5.41, 5.74) is 5.28. The largest absolute Gasteiger partial charge is 0.253 e. The summed E-state index contributed by atoms with van der Waals surface area (Å²) in [6, 6.07) is 14.2. The van der Waals surface area contributed by atoms with Crippen LogP contribution in [0.25, 0.3) is 11.3 Å². The van der Waals surface area contributed by atoms with Crippen LogP contribution in [0.2, 0.25) is 5.02 Å². The zero-order chi connectivity index (χ0) is 20.9. The quantitative estimate of drug-likeness (QED) is 0.391. The Hall–Kier alpha value is -2.26. The van der Waals surface area contributed by atoms with Crippen molar-refractivity contribution in [2.75, 3.05) is 18.5 Å². The molecule has 0 spiro atoms. The van der Waals surface area contributed by atoms with Crippen molar-refractivity contribution >= 4 is 44.3 Å². The molecule has 0 aliphatic rings. The Bertz CT molecular complexity index is 1090. The average Bonchev–Trinajstić information content (AvgIpc) is 3.19. The van der Waals surface area contributed by atoms with Gasteiger partial charge in [-0.15, -0.1) is 11.3 Å². The molecule has 0 radical (unpaired) electrons. The molecule has 1 N–H and O–H groups in total. The lowest BCUT2D eigenvalue weighted by Gasteiger charge is -2.18. The van der Waals surface area contributed by atoms with Gasteiger partial charge in [0, 0.05) is 34.6 Å². The number of hydrogen-bond acceptors (Lipinski definition) is 6. The molecule has 9 heteroatoms. The molecule has 0 bridgehead atoms. The van der Waals surface area contributed by atoms with E-state index >= 15 is 0 Å². The molecule has 6 nitrogen and oxygen atoms in total. The molecule has 0 unspecified atom stereocenters. The summed E-state index contributed by atoms with van der Waals surface area (Å²) < 4.78 is 26.6. The first-order valence-corrected chi connectivity index (χ1v) is 11.7. The zero-order valence-corrected chi connectivity index (χ0v) is 18.4. The highest BCUT2D eigenvalue weighted by Gasteiger charge is 2.21. The van der Waals surface area contributed by atoms with E-state index in [1.165, 1.54) is 15.6 Å². The predicted octanol–water partition coefficient (Wildman–Crippen LogP) is 4.94. The fraction of sp³-hybridized carbons (Fsp3) is 0.200. The van der Waals surface area contributed by atoms with Crippen LogP contribution in [0.3, 0.4) is 0 Å². The Morgan fingerprint density at radius 2 is 1.83 bits per heavy atom. The molecule has 1 heterocycles. The van der Waals surface area contributed by atoms with Gasteiger partial charge in [0.2, 0.25) is 15.2 Å². The maximum Gasteiger partial charge on any atom is 0.243 e. The molecule has 152 valence electrons. The van der Waals surface area contributed by atoms with Crippen molar-refractivity contribution in [1.29, 1.82) is 0 Å². The van der Waals surface area contributed by atoms with Gasteiger partial charge in [0.05, 0.1) is 16.8 Å². The third-order valence-electron chi connectivity index (χ3n) is 4.27. The Morgan fingerprint density at radius 1 is 1.14 bits per heavy atom. The van der Waals surface area contributed by atoms with Crippen molar-refractivity contribution in [3.63, 3.8) is 0 Å². The van der Waals surface area contributed by atoms with Crippen LogP contribution in [0.4, 0.5) is 5.13 Å². The van der Waals surface area contributed by atoms with E-state index in [-0.39, 0.29) is 4.90 Å². The number of aromatic nitrogens is 1. The molecule has 1 aromatic heterocycles. The summed E-state index contributed by atoms with van der Waals surface area (Å²) in [6.45, 7) is 4.54. The number of benzene rings is 2. The lowest BCUT2D eigenvalue weighted by Crippen LogP contribution is -2.30. The molecule has 0 fully saturated rings. The number of hydrazone groups is 1. The van der Waals surface area contributed by atoms with Crippen LogP contribution in [0.15, 0.2) is 63.9 Å². The van der Waals surface area contributed by atoms with Gasteiger partial charge >= 0.3 is 0 Å². The minimum Gasteiger partial charge on any atom is -0.253 e. The predicted molar refractivity (Wildman–Crippen MR) is 120 cm³/mol. The van der Waals surface area contributed by atoms with E-state index in [4.69, 9.17) is 11.6 Å². The minimum atomic E-state index is -3.46. The number of nitrogens with one attached hydrogen (secondary N) is 1. The van der Waals surface area contributed by atoms with Crippen molar-refractivity contribution in [3.8, 4) is 11.3 Å². The Kier molecular flexibility index (Phi) is 7.02. The topological polar surface area (TPSA) is 74.7 Å². The third kappa shape index (κ3) is 5.02.